The van der Waals surface area contributed by atoms with Crippen LogP contribution in [0.1, 0.15) is 32.1 Å². The lowest BCUT2D eigenvalue weighted by Crippen LogP contribution is -2.74. The van der Waals surface area contributed by atoms with Crippen LogP contribution >= 0.6 is 0 Å². The second-order valence-electron chi connectivity index (χ2n) is 8.11. The van der Waals surface area contributed by atoms with E-state index in [0.29, 0.717) is 19.3 Å². The average molecular weight is 650 g/mol. The zero-order valence-corrected chi connectivity index (χ0v) is 19.8. The van der Waals surface area contributed by atoms with Gasteiger partial charge in [0.15, 0.2) is 0 Å². The summed E-state index contributed by atoms with van der Waals surface area (Å²) >= 11 is 0. The quantitative estimate of drug-likeness (QED) is 0.125. The smallest absolute Gasteiger partial charge is 0.460 e. The van der Waals surface area contributed by atoms with Gasteiger partial charge < -0.3 is 20.5 Å². The van der Waals surface area contributed by atoms with Crippen molar-refractivity contribution in [2.24, 2.45) is 0 Å². The molecule has 0 unspecified atom stereocenters. The molecule has 0 aromatic carbocycles. The van der Waals surface area contributed by atoms with Crippen LogP contribution in [0.2, 0.25) is 0 Å². The number of carboxylic acid groups (broad SMARTS) is 1. The van der Waals surface area contributed by atoms with Crippen LogP contribution < -0.4 is 10.6 Å². The van der Waals surface area contributed by atoms with Gasteiger partial charge in [0, 0.05) is 13.1 Å². The number of alkyl carbamates (subject to hydrolysis) is 1. The number of hydrogen-bond donors (Lipinski definition) is 3. The number of hydrogen-bond acceptors (Lipinski definition) is 3. The molecule has 0 saturated heterocycles. The van der Waals surface area contributed by atoms with Crippen molar-refractivity contribution in [2.75, 3.05) is 19.7 Å². The number of ether oxygens (including phenoxy) is 1. The third-order valence-corrected chi connectivity index (χ3v) is 5.09. The van der Waals surface area contributed by atoms with Crippen LogP contribution in [0, 0.1) is 0 Å². The van der Waals surface area contributed by atoms with Gasteiger partial charge >= 0.3 is 59.8 Å². The van der Waals surface area contributed by atoms with E-state index < -0.39 is 72.8 Å². The summed E-state index contributed by atoms with van der Waals surface area (Å²) in [5.74, 6) is -57.0. The van der Waals surface area contributed by atoms with Crippen molar-refractivity contribution in [1.29, 1.82) is 0 Å². The highest BCUT2D eigenvalue weighted by molar-refractivity contribution is 5.67. The predicted molar refractivity (Wildman–Crippen MR) is 99.1 cm³/mol. The molecule has 23 heteroatoms. The molecule has 0 bridgehead atoms. The average Bonchev–Trinajstić information content (AvgIpc) is 2.78. The summed E-state index contributed by atoms with van der Waals surface area (Å²) in [6, 6.07) is 0. The molecule has 0 aliphatic carbocycles. The van der Waals surface area contributed by atoms with Crippen molar-refractivity contribution >= 4 is 12.2 Å². The molecule has 0 aliphatic rings. The lowest BCUT2D eigenvalue weighted by molar-refractivity contribution is -0.461. The number of halogens is 17. The van der Waals surface area contributed by atoms with Crippen molar-refractivity contribution < 1.29 is 94.1 Å². The maximum Gasteiger partial charge on any atom is 0.460 e. The molecule has 244 valence electrons. The maximum absolute atomic E-state index is 13.7. The first kappa shape index (κ1) is 38.4. The van der Waals surface area contributed by atoms with E-state index in [0.717, 1.165) is 0 Å². The number of carbonyl (C=O) groups excluding carboxylic acids is 1. The summed E-state index contributed by atoms with van der Waals surface area (Å²) in [5, 5.41) is 12.2. The van der Waals surface area contributed by atoms with Crippen molar-refractivity contribution in [3.8, 4) is 0 Å². The van der Waals surface area contributed by atoms with Crippen molar-refractivity contribution in [3.05, 3.63) is 0 Å². The summed E-state index contributed by atoms with van der Waals surface area (Å²) in [7, 11) is 0. The Kier molecular flexibility index (Phi) is 11.9. The van der Waals surface area contributed by atoms with E-state index in [2.05, 4.69) is 4.74 Å². The van der Waals surface area contributed by atoms with Gasteiger partial charge in [-0.05, 0) is 12.8 Å². The van der Waals surface area contributed by atoms with Gasteiger partial charge in [-0.2, -0.15) is 74.6 Å². The van der Waals surface area contributed by atoms with E-state index in [-0.39, 0.29) is 19.5 Å². The van der Waals surface area contributed by atoms with Crippen molar-refractivity contribution in [1.82, 2.24) is 10.6 Å². The van der Waals surface area contributed by atoms with Gasteiger partial charge in [-0.1, -0.05) is 12.8 Å². The van der Waals surface area contributed by atoms with Gasteiger partial charge in [0.25, 0.3) is 0 Å². The van der Waals surface area contributed by atoms with Gasteiger partial charge in [0.1, 0.15) is 0 Å². The number of rotatable bonds is 16. The molecular formula is C18H19F17N2O4. The monoisotopic (exact) mass is 650 g/mol. The van der Waals surface area contributed by atoms with Gasteiger partial charge in [-0.15, -0.1) is 0 Å². The summed E-state index contributed by atoms with van der Waals surface area (Å²) in [6.45, 7) is -2.24. The summed E-state index contributed by atoms with van der Waals surface area (Å²) in [6.07, 6.45) is -12.4. The van der Waals surface area contributed by atoms with Crippen molar-refractivity contribution in [3.63, 3.8) is 0 Å². The second kappa shape index (κ2) is 12.7. The SMILES string of the molecule is O=C(O)NCCCCCCNC(=O)OCCC(F)(F)C(F)(F)C(F)(F)C(F)(F)C(F)(F)C(F)(F)C(F)(F)C(F)(F)F. The normalized spacial score (nSPS) is 14.6. The molecule has 0 atom stereocenters. The standard InChI is InChI=1S/C18H19F17N2O4/c19-11(20,5-8-41-10(40)37-7-4-2-1-3-6-36-9(38)39)12(21,22)13(23,24)14(25,26)15(27,28)16(29,30)17(31,32)18(33,34)35/h36H,1-8H2,(H,37,40)(H,38,39). The highest BCUT2D eigenvalue weighted by Crippen LogP contribution is 2.64. The van der Waals surface area contributed by atoms with Crippen LogP contribution in [0.4, 0.5) is 84.2 Å². The molecule has 0 aromatic rings. The van der Waals surface area contributed by atoms with E-state index in [1.807, 2.05) is 10.6 Å². The van der Waals surface area contributed by atoms with E-state index >= 15 is 0 Å². The van der Waals surface area contributed by atoms with E-state index in [9.17, 15) is 84.2 Å². The van der Waals surface area contributed by atoms with Gasteiger partial charge in [0.05, 0.1) is 13.0 Å². The molecular weight excluding hydrogens is 631 g/mol. The van der Waals surface area contributed by atoms with Crippen LogP contribution in [-0.4, -0.2) is 84.6 Å². The maximum atomic E-state index is 13.7. The Morgan fingerprint density at radius 3 is 1.29 bits per heavy atom. The predicted octanol–water partition coefficient (Wildman–Crippen LogP) is 6.94. The fraction of sp³-hybridized carbons (Fsp3) is 0.889. The summed E-state index contributed by atoms with van der Waals surface area (Å²) in [4.78, 5) is 21.5. The Morgan fingerprint density at radius 1 is 0.537 bits per heavy atom. The highest BCUT2D eigenvalue weighted by atomic mass is 19.4. The Balaban J connectivity index is 5.40. The molecule has 0 aliphatic heterocycles. The Bertz CT molecular complexity index is 893. The zero-order valence-electron chi connectivity index (χ0n) is 19.8. The van der Waals surface area contributed by atoms with Crippen LogP contribution in [0.5, 0.6) is 0 Å². The Morgan fingerprint density at radius 2 is 0.902 bits per heavy atom. The van der Waals surface area contributed by atoms with Crippen LogP contribution in [0.3, 0.4) is 0 Å². The van der Waals surface area contributed by atoms with E-state index in [1.54, 1.807) is 0 Å². The molecule has 6 nitrogen and oxygen atoms in total. The molecule has 0 radical (unpaired) electrons. The first-order valence-electron chi connectivity index (χ1n) is 10.6. The minimum Gasteiger partial charge on any atom is -0.465 e. The Labute approximate surface area is 217 Å². The lowest BCUT2D eigenvalue weighted by Gasteiger charge is -2.42. The molecule has 0 heterocycles. The van der Waals surface area contributed by atoms with Crippen LogP contribution in [0.15, 0.2) is 0 Å². The third kappa shape index (κ3) is 7.60. The fourth-order valence-corrected chi connectivity index (χ4v) is 2.67. The highest BCUT2D eigenvalue weighted by Gasteiger charge is 2.95. The molecule has 0 spiro atoms. The summed E-state index contributed by atoms with van der Waals surface area (Å²) < 4.78 is 228. The molecule has 0 saturated carbocycles. The number of amides is 2. The number of unbranched alkanes of at least 4 members (excludes halogenated alkanes) is 3. The number of alkyl halides is 17. The molecule has 0 rings (SSSR count). The van der Waals surface area contributed by atoms with E-state index in [4.69, 9.17) is 5.11 Å². The topological polar surface area (TPSA) is 87.7 Å². The molecule has 3 N–H and O–H groups in total. The zero-order chi connectivity index (χ0) is 32.9. The largest absolute Gasteiger partial charge is 0.465 e. The molecule has 0 aromatic heterocycles. The molecule has 0 fully saturated rings. The lowest BCUT2D eigenvalue weighted by atomic mass is 9.88. The summed E-state index contributed by atoms with van der Waals surface area (Å²) in [5.41, 5.74) is 0. The van der Waals surface area contributed by atoms with E-state index in [1.165, 1.54) is 0 Å². The fourth-order valence-electron chi connectivity index (χ4n) is 2.67. The minimum atomic E-state index is -8.70. The first-order valence-corrected chi connectivity index (χ1v) is 10.6. The Hall–Kier alpha value is -2.65. The van der Waals surface area contributed by atoms with Gasteiger partial charge in [-0.3, -0.25) is 0 Å². The van der Waals surface area contributed by atoms with Gasteiger partial charge in [0.2, 0.25) is 0 Å². The third-order valence-electron chi connectivity index (χ3n) is 5.09. The first-order chi connectivity index (χ1) is 18.1. The van der Waals surface area contributed by atoms with Crippen molar-refractivity contribution in [2.45, 2.75) is 79.7 Å². The van der Waals surface area contributed by atoms with Crippen LogP contribution in [0.25, 0.3) is 0 Å². The number of nitrogens with one attached hydrogen (secondary N) is 2. The molecule has 2 amide bonds. The molecule has 41 heavy (non-hydrogen) atoms. The second-order valence-corrected chi connectivity index (χ2v) is 8.11. The number of carbonyl (C=O) groups is 2. The van der Waals surface area contributed by atoms with Gasteiger partial charge in [-0.25, -0.2) is 9.59 Å². The van der Waals surface area contributed by atoms with Crippen LogP contribution in [-0.2, 0) is 4.74 Å². The minimum absolute atomic E-state index is 0.0781.